The number of rotatable bonds is 10. The number of nitrogens with zero attached hydrogens (tertiary/aromatic N) is 1. The van der Waals surface area contributed by atoms with Crippen molar-refractivity contribution in [2.45, 2.75) is 51.2 Å². The zero-order chi connectivity index (χ0) is 25.3. The minimum atomic E-state index is -3.92. The third kappa shape index (κ3) is 8.07. The molecule has 0 heterocycles. The van der Waals surface area contributed by atoms with Gasteiger partial charge in [0.1, 0.15) is 12.6 Å². The normalized spacial score (nSPS) is 12.6. The molecule has 0 aliphatic rings. The molecule has 10 nitrogen and oxygen atoms in total. The smallest absolute Gasteiger partial charge is 0.408 e. The number of nitrogens with one attached hydrogen (secondary N) is 2. The Morgan fingerprint density at radius 3 is 2.32 bits per heavy atom. The summed E-state index contributed by atoms with van der Waals surface area (Å²) in [6.07, 6.45) is -0.563. The predicted octanol–water partition coefficient (Wildman–Crippen LogP) is 2.36. The van der Waals surface area contributed by atoms with Gasteiger partial charge in [0.25, 0.3) is 10.0 Å². The summed E-state index contributed by atoms with van der Waals surface area (Å²) in [5.41, 5.74) is 8.63. The van der Waals surface area contributed by atoms with Crippen molar-refractivity contribution in [3.63, 3.8) is 0 Å². The van der Waals surface area contributed by atoms with Crippen LogP contribution >= 0.6 is 0 Å². The predicted molar refractivity (Wildman–Crippen MR) is 128 cm³/mol. The zero-order valence-corrected chi connectivity index (χ0v) is 20.2. The first-order valence-electron chi connectivity index (χ1n) is 10.6. The lowest BCUT2D eigenvalue weighted by atomic mass is 10.1. The fraction of sp³-hybridized carbons (Fsp3) is 0.348. The van der Waals surface area contributed by atoms with Gasteiger partial charge in [0.2, 0.25) is 5.96 Å². The molecule has 5 N–H and O–H groups in total. The zero-order valence-electron chi connectivity index (χ0n) is 19.4. The highest BCUT2D eigenvalue weighted by molar-refractivity contribution is 7.90. The fourth-order valence-corrected chi connectivity index (χ4v) is 4.88. The number of benzene rings is 2. The molecule has 0 aromatic heterocycles. The number of carbonyl (C=O) groups is 2. The lowest BCUT2D eigenvalue weighted by Crippen LogP contribution is -2.41. The molecule has 0 aliphatic heterocycles. The summed E-state index contributed by atoms with van der Waals surface area (Å²) >= 11 is 0. The Morgan fingerprint density at radius 2 is 1.74 bits per heavy atom. The number of aliphatic carboxylic acids is 1. The van der Waals surface area contributed by atoms with Crippen molar-refractivity contribution < 1.29 is 27.9 Å². The molecular weight excluding hydrogens is 460 g/mol. The Labute approximate surface area is 199 Å². The van der Waals surface area contributed by atoms with Gasteiger partial charge in [0.05, 0.1) is 4.90 Å². The molecule has 0 saturated heterocycles. The van der Waals surface area contributed by atoms with Crippen molar-refractivity contribution in [3.05, 3.63) is 64.7 Å². The Balaban J connectivity index is 1.87. The molecule has 1 atom stereocenters. The van der Waals surface area contributed by atoms with Gasteiger partial charge in [0, 0.05) is 6.54 Å². The number of nitrogens with two attached hydrogens (primary N) is 1. The summed E-state index contributed by atoms with van der Waals surface area (Å²) in [6.45, 7) is 5.35. The molecule has 2 aromatic carbocycles. The molecule has 184 valence electrons. The Morgan fingerprint density at radius 1 is 1.12 bits per heavy atom. The van der Waals surface area contributed by atoms with Gasteiger partial charge in [-0.15, -0.1) is 0 Å². The maximum atomic E-state index is 12.7. The van der Waals surface area contributed by atoms with E-state index in [9.17, 15) is 23.1 Å². The molecule has 11 heteroatoms. The summed E-state index contributed by atoms with van der Waals surface area (Å²) < 4.78 is 32.7. The van der Waals surface area contributed by atoms with Crippen LogP contribution in [0.3, 0.4) is 0 Å². The van der Waals surface area contributed by atoms with Crippen LogP contribution in [0.25, 0.3) is 0 Å². The Bertz CT molecular complexity index is 1130. The third-order valence-electron chi connectivity index (χ3n) is 4.85. The number of sulfonamides is 1. The van der Waals surface area contributed by atoms with E-state index in [4.69, 9.17) is 10.5 Å². The van der Waals surface area contributed by atoms with E-state index in [0.717, 1.165) is 11.1 Å². The van der Waals surface area contributed by atoms with Crippen LogP contribution in [-0.2, 0) is 26.2 Å². The topological polar surface area (TPSA) is 160 Å². The van der Waals surface area contributed by atoms with Gasteiger partial charge in [-0.2, -0.15) is 0 Å². The first kappa shape index (κ1) is 26.7. The Hall–Kier alpha value is -3.60. The molecular formula is C23H30N4O6S. The number of guanidine groups is 1. The quantitative estimate of drug-likeness (QED) is 0.226. The average molecular weight is 491 g/mol. The van der Waals surface area contributed by atoms with Gasteiger partial charge < -0.3 is 20.9 Å². The number of ether oxygens (including phenoxy) is 1. The van der Waals surface area contributed by atoms with Crippen molar-refractivity contribution >= 4 is 28.0 Å². The summed E-state index contributed by atoms with van der Waals surface area (Å²) in [6, 6.07) is 11.3. The number of carboxylic acids is 1. The second kappa shape index (κ2) is 12.0. The molecule has 34 heavy (non-hydrogen) atoms. The van der Waals surface area contributed by atoms with Crippen LogP contribution in [0, 0.1) is 20.8 Å². The van der Waals surface area contributed by atoms with Crippen molar-refractivity contribution in [1.82, 2.24) is 10.0 Å². The summed E-state index contributed by atoms with van der Waals surface area (Å²) in [5, 5.41) is 11.6. The van der Waals surface area contributed by atoms with E-state index in [1.54, 1.807) is 50.2 Å². The van der Waals surface area contributed by atoms with Crippen LogP contribution in [-0.4, -0.2) is 44.1 Å². The number of carbonyl (C=O) groups excluding carboxylic acids is 1. The molecule has 0 saturated carbocycles. The second-order valence-electron chi connectivity index (χ2n) is 7.84. The van der Waals surface area contributed by atoms with Crippen LogP contribution < -0.4 is 15.8 Å². The van der Waals surface area contributed by atoms with E-state index in [-0.39, 0.29) is 36.8 Å². The summed E-state index contributed by atoms with van der Waals surface area (Å²) in [7, 11) is -3.92. The third-order valence-corrected chi connectivity index (χ3v) is 6.51. The van der Waals surface area contributed by atoms with Gasteiger partial charge >= 0.3 is 12.1 Å². The van der Waals surface area contributed by atoms with E-state index in [1.807, 2.05) is 13.0 Å². The van der Waals surface area contributed by atoms with E-state index < -0.39 is 28.1 Å². The first-order chi connectivity index (χ1) is 16.0. The Kier molecular flexibility index (Phi) is 9.43. The molecule has 1 amide bonds. The second-order valence-corrected chi connectivity index (χ2v) is 9.46. The first-order valence-corrected chi connectivity index (χ1v) is 12.1. The van der Waals surface area contributed by atoms with Crippen molar-refractivity contribution in [2.24, 2.45) is 10.7 Å². The molecule has 0 unspecified atom stereocenters. The minimum absolute atomic E-state index is 0.0138. The van der Waals surface area contributed by atoms with E-state index in [0.29, 0.717) is 11.1 Å². The van der Waals surface area contributed by atoms with Crippen molar-refractivity contribution in [1.29, 1.82) is 0 Å². The molecule has 0 radical (unpaired) electrons. The number of aryl methyl sites for hydroxylation is 3. The summed E-state index contributed by atoms with van der Waals surface area (Å²) in [4.78, 5) is 27.5. The molecule has 2 aromatic rings. The number of hydrogen-bond acceptors (Lipinski definition) is 6. The average Bonchev–Trinajstić information content (AvgIpc) is 2.73. The van der Waals surface area contributed by atoms with E-state index >= 15 is 0 Å². The van der Waals surface area contributed by atoms with Crippen LogP contribution in [0.2, 0.25) is 0 Å². The van der Waals surface area contributed by atoms with E-state index in [2.05, 4.69) is 15.0 Å². The monoisotopic (exact) mass is 490 g/mol. The maximum Gasteiger partial charge on any atom is 0.408 e. The largest absolute Gasteiger partial charge is 0.480 e. The fourth-order valence-electron chi connectivity index (χ4n) is 3.47. The highest BCUT2D eigenvalue weighted by Gasteiger charge is 2.22. The van der Waals surface area contributed by atoms with Gasteiger partial charge in [-0.25, -0.2) is 22.7 Å². The van der Waals surface area contributed by atoms with Crippen molar-refractivity contribution in [3.8, 4) is 0 Å². The molecule has 0 spiro atoms. The number of hydrogen-bond donors (Lipinski definition) is 4. The van der Waals surface area contributed by atoms with E-state index in [1.165, 1.54) is 0 Å². The maximum absolute atomic E-state index is 12.7. The number of aliphatic imine (C=N–C) groups is 1. The standard InChI is InChI=1S/C23H30N4O6S/c1-15-12-16(2)20(17(3)13-15)34(31,32)27-22(24)25-11-7-10-19(21(28)29)26-23(30)33-14-18-8-5-4-6-9-18/h4-6,8-9,12-13,19H,7,10-11,14H2,1-3H3,(H,26,30)(H,28,29)(H3,24,25,27)/t19-/m0/s1. The van der Waals surface area contributed by atoms with Gasteiger partial charge in [0.15, 0.2) is 0 Å². The minimum Gasteiger partial charge on any atom is -0.480 e. The van der Waals surface area contributed by atoms with Gasteiger partial charge in [-0.05, 0) is 50.3 Å². The number of carboxylic acid groups (broad SMARTS) is 1. The molecule has 0 fully saturated rings. The van der Waals surface area contributed by atoms with Crippen LogP contribution in [0.4, 0.5) is 4.79 Å². The van der Waals surface area contributed by atoms with Crippen LogP contribution in [0.5, 0.6) is 0 Å². The number of amides is 1. The summed E-state index contributed by atoms with van der Waals surface area (Å²) in [5.74, 6) is -1.53. The highest BCUT2D eigenvalue weighted by Crippen LogP contribution is 2.21. The molecule has 2 rings (SSSR count). The van der Waals surface area contributed by atoms with Crippen molar-refractivity contribution in [2.75, 3.05) is 6.54 Å². The molecule has 0 aliphatic carbocycles. The van der Waals surface area contributed by atoms with Crippen LogP contribution in [0.15, 0.2) is 52.4 Å². The lowest BCUT2D eigenvalue weighted by Gasteiger charge is -2.15. The highest BCUT2D eigenvalue weighted by atomic mass is 32.2. The number of alkyl carbamates (subject to hydrolysis) is 1. The van der Waals surface area contributed by atoms with Crippen LogP contribution in [0.1, 0.15) is 35.1 Å². The molecule has 0 bridgehead atoms. The lowest BCUT2D eigenvalue weighted by molar-refractivity contribution is -0.139. The van der Waals surface area contributed by atoms with Gasteiger partial charge in [-0.3, -0.25) is 4.99 Å². The SMILES string of the molecule is Cc1cc(C)c(S(=O)(=O)NC(N)=NCCC[C@H](NC(=O)OCc2ccccc2)C(=O)O)c(C)c1. The van der Waals surface area contributed by atoms with Gasteiger partial charge in [-0.1, -0.05) is 48.0 Å².